The Bertz CT molecular complexity index is 755. The lowest BCUT2D eigenvalue weighted by molar-refractivity contribution is 0.0667. The minimum Gasteiger partial charge on any atom is -0.338 e. The second-order valence-electron chi connectivity index (χ2n) is 6.37. The number of aromatic nitrogens is 1. The van der Waals surface area contributed by atoms with Crippen LogP contribution in [0.4, 0.5) is 5.69 Å². The predicted molar refractivity (Wildman–Crippen MR) is 113 cm³/mol. The van der Waals surface area contributed by atoms with Crippen LogP contribution in [-0.2, 0) is 0 Å². The highest BCUT2D eigenvalue weighted by Crippen LogP contribution is 2.27. The van der Waals surface area contributed by atoms with Crippen LogP contribution in [0.25, 0.3) is 0 Å². The Hall–Kier alpha value is -1.67. The highest BCUT2D eigenvalue weighted by molar-refractivity contribution is 7.12. The first-order chi connectivity index (χ1) is 12.1. The number of carbonyl (C=O) groups excluding carboxylic acids is 2. The lowest BCUT2D eigenvalue weighted by Crippen LogP contribution is -2.45. The molecule has 2 aromatic heterocycles. The van der Waals surface area contributed by atoms with Crippen LogP contribution in [0.5, 0.6) is 0 Å². The van der Waals surface area contributed by atoms with Gasteiger partial charge in [0.1, 0.15) is 4.88 Å². The van der Waals surface area contributed by atoms with Crippen LogP contribution >= 0.6 is 36.2 Å². The molecule has 1 saturated heterocycles. The van der Waals surface area contributed by atoms with Gasteiger partial charge in [-0.1, -0.05) is 0 Å². The second kappa shape index (κ2) is 10.6. The Balaban J connectivity index is 0.00000182. The normalized spacial score (nSPS) is 17.3. The number of thiophene rings is 1. The standard InChI is InChI=1S/C18H22N4O2S.2ClH/c1-12(19)14-3-2-9-22(11-14)18(24)16-15(6-10-25-16)21-17(23)13-4-7-20-8-5-13;;/h4-8,10,12,14H,2-3,9,11,19H2,1H3,(H,21,23);2*1H. The average molecular weight is 431 g/mol. The summed E-state index contributed by atoms with van der Waals surface area (Å²) in [5.41, 5.74) is 7.08. The van der Waals surface area contributed by atoms with E-state index in [0.29, 0.717) is 28.6 Å². The van der Waals surface area contributed by atoms with Gasteiger partial charge < -0.3 is 16.0 Å². The van der Waals surface area contributed by atoms with Gasteiger partial charge in [0.2, 0.25) is 0 Å². The Labute approximate surface area is 175 Å². The van der Waals surface area contributed by atoms with E-state index in [1.807, 2.05) is 17.2 Å². The molecule has 9 heteroatoms. The molecule has 0 bridgehead atoms. The molecule has 3 heterocycles. The number of amides is 2. The summed E-state index contributed by atoms with van der Waals surface area (Å²) in [6.07, 6.45) is 5.15. The van der Waals surface area contributed by atoms with Gasteiger partial charge in [0.15, 0.2) is 0 Å². The third-order valence-electron chi connectivity index (χ3n) is 4.54. The molecule has 0 radical (unpaired) electrons. The molecule has 3 rings (SSSR count). The largest absolute Gasteiger partial charge is 0.338 e. The summed E-state index contributed by atoms with van der Waals surface area (Å²) < 4.78 is 0. The summed E-state index contributed by atoms with van der Waals surface area (Å²) >= 11 is 1.35. The van der Waals surface area contributed by atoms with E-state index in [9.17, 15) is 9.59 Å². The van der Waals surface area contributed by atoms with Crippen molar-refractivity contribution in [2.75, 3.05) is 18.4 Å². The first-order valence-electron chi connectivity index (χ1n) is 8.40. The number of hydrogen-bond acceptors (Lipinski definition) is 5. The molecule has 2 unspecified atom stereocenters. The van der Waals surface area contributed by atoms with Gasteiger partial charge in [-0.25, -0.2) is 0 Å². The first-order valence-corrected chi connectivity index (χ1v) is 9.28. The van der Waals surface area contributed by atoms with Gasteiger partial charge in [0.25, 0.3) is 11.8 Å². The number of likely N-dealkylation sites (tertiary alicyclic amines) is 1. The Morgan fingerprint density at radius 2 is 2.00 bits per heavy atom. The summed E-state index contributed by atoms with van der Waals surface area (Å²) in [6.45, 7) is 3.40. The third kappa shape index (κ3) is 5.65. The van der Waals surface area contributed by atoms with Crippen molar-refractivity contribution >= 4 is 53.7 Å². The van der Waals surface area contributed by atoms with Crippen LogP contribution < -0.4 is 11.1 Å². The van der Waals surface area contributed by atoms with Crippen molar-refractivity contribution in [2.45, 2.75) is 25.8 Å². The lowest BCUT2D eigenvalue weighted by atomic mass is 9.92. The van der Waals surface area contributed by atoms with Gasteiger partial charge in [-0.3, -0.25) is 14.6 Å². The molecule has 0 aromatic carbocycles. The van der Waals surface area contributed by atoms with E-state index in [1.54, 1.807) is 30.6 Å². The van der Waals surface area contributed by atoms with E-state index in [-0.39, 0.29) is 42.7 Å². The van der Waals surface area contributed by atoms with Crippen molar-refractivity contribution in [1.29, 1.82) is 0 Å². The highest BCUT2D eigenvalue weighted by atomic mass is 35.5. The van der Waals surface area contributed by atoms with E-state index >= 15 is 0 Å². The number of anilines is 1. The molecule has 148 valence electrons. The number of nitrogens with zero attached hydrogens (tertiary/aromatic N) is 2. The van der Waals surface area contributed by atoms with Crippen molar-refractivity contribution < 1.29 is 9.59 Å². The van der Waals surface area contributed by atoms with Gasteiger partial charge in [0, 0.05) is 37.1 Å². The number of hydrogen-bond donors (Lipinski definition) is 2. The molecule has 3 N–H and O–H groups in total. The molecule has 6 nitrogen and oxygen atoms in total. The van der Waals surface area contributed by atoms with Crippen molar-refractivity contribution in [1.82, 2.24) is 9.88 Å². The van der Waals surface area contributed by atoms with Crippen LogP contribution in [0, 0.1) is 5.92 Å². The van der Waals surface area contributed by atoms with E-state index in [4.69, 9.17) is 5.73 Å². The zero-order valence-electron chi connectivity index (χ0n) is 15.0. The summed E-state index contributed by atoms with van der Waals surface area (Å²) in [5.74, 6) is 0.0415. The molecule has 27 heavy (non-hydrogen) atoms. The number of halogens is 2. The molecule has 1 aliphatic rings. The van der Waals surface area contributed by atoms with Crippen molar-refractivity contribution in [3.63, 3.8) is 0 Å². The smallest absolute Gasteiger partial charge is 0.266 e. The SMILES string of the molecule is CC(N)C1CCCN(C(=O)c2sccc2NC(=O)c2ccncc2)C1.Cl.Cl. The summed E-state index contributed by atoms with van der Waals surface area (Å²) in [7, 11) is 0. The number of carbonyl (C=O) groups is 2. The molecule has 2 amide bonds. The fourth-order valence-corrected chi connectivity index (χ4v) is 3.85. The number of pyridine rings is 1. The van der Waals surface area contributed by atoms with Gasteiger partial charge in [-0.05, 0) is 49.3 Å². The summed E-state index contributed by atoms with van der Waals surface area (Å²) in [6, 6.07) is 5.12. The molecule has 2 aromatic rings. The van der Waals surface area contributed by atoms with E-state index in [2.05, 4.69) is 10.3 Å². The zero-order chi connectivity index (χ0) is 17.8. The molecule has 0 aliphatic carbocycles. The Morgan fingerprint density at radius 3 is 2.67 bits per heavy atom. The van der Waals surface area contributed by atoms with Gasteiger partial charge in [-0.15, -0.1) is 36.2 Å². The van der Waals surface area contributed by atoms with Crippen LogP contribution in [-0.4, -0.2) is 40.8 Å². The fourth-order valence-electron chi connectivity index (χ4n) is 3.04. The maximum atomic E-state index is 12.9. The number of nitrogens with two attached hydrogens (primary N) is 1. The van der Waals surface area contributed by atoms with Gasteiger partial charge >= 0.3 is 0 Å². The maximum Gasteiger partial charge on any atom is 0.266 e. The summed E-state index contributed by atoms with van der Waals surface area (Å²) in [5, 5.41) is 4.65. The Morgan fingerprint density at radius 1 is 1.30 bits per heavy atom. The van der Waals surface area contributed by atoms with Crippen LogP contribution in [0.2, 0.25) is 0 Å². The van der Waals surface area contributed by atoms with Crippen LogP contribution in [0.15, 0.2) is 36.0 Å². The topological polar surface area (TPSA) is 88.3 Å². The monoisotopic (exact) mass is 430 g/mol. The van der Waals surface area contributed by atoms with Gasteiger partial charge in [-0.2, -0.15) is 0 Å². The molecule has 1 fully saturated rings. The van der Waals surface area contributed by atoms with Crippen molar-refractivity contribution in [3.8, 4) is 0 Å². The lowest BCUT2D eigenvalue weighted by Gasteiger charge is -2.34. The molecule has 1 aliphatic heterocycles. The third-order valence-corrected chi connectivity index (χ3v) is 5.44. The van der Waals surface area contributed by atoms with E-state index in [1.165, 1.54) is 11.3 Å². The van der Waals surface area contributed by atoms with Crippen LogP contribution in [0.1, 0.15) is 39.8 Å². The molecule has 0 spiro atoms. The number of nitrogens with one attached hydrogen (secondary N) is 1. The van der Waals surface area contributed by atoms with E-state index < -0.39 is 0 Å². The quantitative estimate of drug-likeness (QED) is 0.776. The van der Waals surface area contributed by atoms with Crippen molar-refractivity contribution in [3.05, 3.63) is 46.4 Å². The average Bonchev–Trinajstić information content (AvgIpc) is 3.10. The molecule has 2 atom stereocenters. The molecule has 0 saturated carbocycles. The Kier molecular flexibility index (Phi) is 9.18. The second-order valence-corrected chi connectivity index (χ2v) is 7.28. The van der Waals surface area contributed by atoms with Crippen molar-refractivity contribution in [2.24, 2.45) is 11.7 Å². The highest BCUT2D eigenvalue weighted by Gasteiger charge is 2.28. The predicted octanol–water partition coefficient (Wildman–Crippen LogP) is 3.44. The number of rotatable bonds is 4. The van der Waals surface area contributed by atoms with E-state index in [0.717, 1.165) is 19.4 Å². The first kappa shape index (κ1) is 23.4. The fraction of sp³-hybridized carbons (Fsp3) is 0.389. The molecular formula is C18H24Cl2N4O2S. The van der Waals surface area contributed by atoms with Crippen LogP contribution in [0.3, 0.4) is 0 Å². The molecular weight excluding hydrogens is 407 g/mol. The zero-order valence-corrected chi connectivity index (χ0v) is 17.4. The summed E-state index contributed by atoms with van der Waals surface area (Å²) in [4.78, 5) is 31.6. The minimum atomic E-state index is -0.248. The maximum absolute atomic E-state index is 12.9. The minimum absolute atomic E-state index is 0. The number of piperidine rings is 1. The van der Waals surface area contributed by atoms with Gasteiger partial charge in [0.05, 0.1) is 5.69 Å².